The molecule has 3 heterocycles. The van der Waals surface area contributed by atoms with E-state index >= 15 is 0 Å². The van der Waals surface area contributed by atoms with Gasteiger partial charge in [0.15, 0.2) is 0 Å². The molecule has 0 saturated carbocycles. The fraction of sp³-hybridized carbons (Fsp3) is 1.00. The van der Waals surface area contributed by atoms with E-state index in [4.69, 9.17) is 0 Å². The van der Waals surface area contributed by atoms with Crippen LogP contribution in [0.25, 0.3) is 0 Å². The molecule has 1 atom stereocenters. The molecule has 3 aliphatic rings. The Labute approximate surface area is 93.8 Å². The highest BCUT2D eigenvalue weighted by molar-refractivity contribution is 4.89. The molecule has 15 heavy (non-hydrogen) atoms. The molecule has 3 heteroatoms. The zero-order valence-corrected chi connectivity index (χ0v) is 10.2. The third-order valence-electron chi connectivity index (χ3n) is 4.02. The maximum Gasteiger partial charge on any atom is 0.0349 e. The lowest BCUT2D eigenvalue weighted by atomic mass is 10.1. The first-order valence-corrected chi connectivity index (χ1v) is 6.53. The smallest absolute Gasteiger partial charge is 0.0349 e. The van der Waals surface area contributed by atoms with Gasteiger partial charge in [0.05, 0.1) is 0 Å². The molecule has 0 radical (unpaired) electrons. The summed E-state index contributed by atoms with van der Waals surface area (Å²) >= 11 is 0. The predicted octanol–water partition coefficient (Wildman–Crippen LogP) is 0.764. The lowest BCUT2D eigenvalue weighted by molar-refractivity contribution is 0.0126. The molecule has 3 fully saturated rings. The first-order valence-electron chi connectivity index (χ1n) is 6.53. The van der Waals surface area contributed by atoms with Gasteiger partial charge in [-0.25, -0.2) is 0 Å². The minimum absolute atomic E-state index is 0.724. The van der Waals surface area contributed by atoms with Gasteiger partial charge in [-0.2, -0.15) is 0 Å². The van der Waals surface area contributed by atoms with Crippen molar-refractivity contribution >= 4 is 0 Å². The molecule has 2 bridgehead atoms. The highest BCUT2D eigenvalue weighted by Crippen LogP contribution is 2.15. The Balaban J connectivity index is 1.75. The molecule has 0 amide bonds. The van der Waals surface area contributed by atoms with Gasteiger partial charge in [0.1, 0.15) is 0 Å². The summed E-state index contributed by atoms with van der Waals surface area (Å²) in [6.45, 7) is 12.2. The van der Waals surface area contributed by atoms with E-state index in [0.717, 1.165) is 12.1 Å². The summed E-state index contributed by atoms with van der Waals surface area (Å²) in [6.07, 6.45) is 2.51. The average Bonchev–Trinajstić information content (AvgIpc) is 2.32. The second kappa shape index (κ2) is 5.28. The summed E-state index contributed by atoms with van der Waals surface area (Å²) < 4.78 is 0. The number of hydrogen-bond acceptors (Lipinski definition) is 3. The van der Waals surface area contributed by atoms with Crippen molar-refractivity contribution in [2.45, 2.75) is 38.8 Å². The number of piperazine rings is 3. The molecule has 0 aromatic carbocycles. The average molecular weight is 211 g/mol. The zero-order valence-electron chi connectivity index (χ0n) is 10.2. The van der Waals surface area contributed by atoms with Crippen LogP contribution in [0.15, 0.2) is 0 Å². The van der Waals surface area contributed by atoms with Gasteiger partial charge in [0, 0.05) is 51.4 Å². The third kappa shape index (κ3) is 2.71. The number of hydrogen-bond donors (Lipinski definition) is 1. The minimum Gasteiger partial charge on any atom is -0.312 e. The molecule has 88 valence electrons. The molecule has 1 unspecified atom stereocenters. The van der Waals surface area contributed by atoms with Crippen molar-refractivity contribution in [3.05, 3.63) is 0 Å². The first-order chi connectivity index (χ1) is 7.33. The quantitative estimate of drug-likeness (QED) is 0.724. The van der Waals surface area contributed by atoms with Crippen molar-refractivity contribution in [3.8, 4) is 0 Å². The molecule has 0 aromatic heterocycles. The Hall–Kier alpha value is -0.120. The third-order valence-corrected chi connectivity index (χ3v) is 4.02. The Morgan fingerprint density at radius 2 is 1.80 bits per heavy atom. The highest BCUT2D eigenvalue weighted by atomic mass is 15.3. The Morgan fingerprint density at radius 1 is 1.13 bits per heavy atom. The first kappa shape index (κ1) is 11.4. The van der Waals surface area contributed by atoms with Crippen LogP contribution in [0.2, 0.25) is 0 Å². The second-order valence-corrected chi connectivity index (χ2v) is 4.91. The minimum atomic E-state index is 0.724. The number of nitrogens with one attached hydrogen (secondary N) is 1. The Kier molecular flexibility index (Phi) is 4.00. The van der Waals surface area contributed by atoms with Crippen LogP contribution in [0.3, 0.4) is 0 Å². The Morgan fingerprint density at radius 3 is 2.27 bits per heavy atom. The second-order valence-electron chi connectivity index (χ2n) is 4.91. The molecule has 0 aromatic rings. The maximum absolute atomic E-state index is 3.71. The molecular formula is C12H25N3. The van der Waals surface area contributed by atoms with Crippen LogP contribution in [0.1, 0.15) is 26.7 Å². The molecule has 0 aliphatic carbocycles. The number of nitrogens with zero attached hydrogens (tertiary/aromatic N) is 2. The van der Waals surface area contributed by atoms with E-state index in [1.54, 1.807) is 0 Å². The topological polar surface area (TPSA) is 18.5 Å². The molecule has 0 spiro atoms. The summed E-state index contributed by atoms with van der Waals surface area (Å²) in [4.78, 5) is 5.27. The molecule has 3 saturated heterocycles. The maximum atomic E-state index is 3.71. The molecule has 1 N–H and O–H groups in total. The normalized spacial score (nSPS) is 35.0. The van der Waals surface area contributed by atoms with E-state index in [2.05, 4.69) is 29.0 Å². The van der Waals surface area contributed by atoms with E-state index < -0.39 is 0 Å². The van der Waals surface area contributed by atoms with Crippen LogP contribution in [0, 0.1) is 0 Å². The summed E-state index contributed by atoms with van der Waals surface area (Å²) in [5.74, 6) is 0. The largest absolute Gasteiger partial charge is 0.312 e. The van der Waals surface area contributed by atoms with E-state index in [9.17, 15) is 0 Å². The van der Waals surface area contributed by atoms with Gasteiger partial charge >= 0.3 is 0 Å². The van der Waals surface area contributed by atoms with E-state index in [0.29, 0.717) is 0 Å². The van der Waals surface area contributed by atoms with Gasteiger partial charge in [-0.1, -0.05) is 13.8 Å². The molecule has 3 rings (SSSR count). The summed E-state index contributed by atoms with van der Waals surface area (Å²) in [5.41, 5.74) is 0. The lowest BCUT2D eigenvalue weighted by Gasteiger charge is -2.47. The van der Waals surface area contributed by atoms with Crippen molar-refractivity contribution in [3.63, 3.8) is 0 Å². The SMILES string of the molecule is CCC(CC)NCC1CN2CCN1CC2. The fourth-order valence-electron chi connectivity index (χ4n) is 2.80. The van der Waals surface area contributed by atoms with Crippen molar-refractivity contribution < 1.29 is 0 Å². The van der Waals surface area contributed by atoms with Gasteiger partial charge in [-0.05, 0) is 12.8 Å². The monoisotopic (exact) mass is 211 g/mol. The summed E-state index contributed by atoms with van der Waals surface area (Å²) in [5, 5.41) is 3.71. The lowest BCUT2D eigenvalue weighted by Crippen LogP contribution is -2.63. The molecule has 3 nitrogen and oxygen atoms in total. The van der Waals surface area contributed by atoms with Crippen LogP contribution in [0.5, 0.6) is 0 Å². The molecule has 3 aliphatic heterocycles. The van der Waals surface area contributed by atoms with Gasteiger partial charge in [-0.3, -0.25) is 9.80 Å². The molecular weight excluding hydrogens is 186 g/mol. The highest BCUT2D eigenvalue weighted by Gasteiger charge is 2.31. The number of rotatable bonds is 5. The van der Waals surface area contributed by atoms with Crippen molar-refractivity contribution in [2.24, 2.45) is 0 Å². The van der Waals surface area contributed by atoms with Gasteiger partial charge in [0.25, 0.3) is 0 Å². The van der Waals surface area contributed by atoms with Gasteiger partial charge < -0.3 is 5.32 Å². The van der Waals surface area contributed by atoms with Gasteiger partial charge in [0.2, 0.25) is 0 Å². The van der Waals surface area contributed by atoms with E-state index in [-0.39, 0.29) is 0 Å². The summed E-state index contributed by atoms with van der Waals surface area (Å²) in [6, 6.07) is 1.50. The van der Waals surface area contributed by atoms with Crippen LogP contribution in [-0.4, -0.2) is 61.2 Å². The van der Waals surface area contributed by atoms with Crippen molar-refractivity contribution in [1.82, 2.24) is 15.1 Å². The standard InChI is InChI=1S/C12H25N3/c1-3-11(4-2)13-9-12-10-14-5-7-15(12)8-6-14/h11-13H,3-10H2,1-2H3. The Bertz CT molecular complexity index is 183. The summed E-state index contributed by atoms with van der Waals surface area (Å²) in [7, 11) is 0. The van der Waals surface area contributed by atoms with Gasteiger partial charge in [-0.15, -0.1) is 0 Å². The number of fused-ring (bicyclic) bond motifs is 3. The van der Waals surface area contributed by atoms with Crippen LogP contribution >= 0.6 is 0 Å². The fourth-order valence-corrected chi connectivity index (χ4v) is 2.80. The van der Waals surface area contributed by atoms with Crippen LogP contribution in [-0.2, 0) is 0 Å². The van der Waals surface area contributed by atoms with Crippen LogP contribution in [0.4, 0.5) is 0 Å². The zero-order chi connectivity index (χ0) is 10.7. The predicted molar refractivity (Wildman–Crippen MR) is 64.2 cm³/mol. The van der Waals surface area contributed by atoms with Crippen LogP contribution < -0.4 is 5.32 Å². The van der Waals surface area contributed by atoms with Crippen molar-refractivity contribution in [2.75, 3.05) is 39.3 Å². The van der Waals surface area contributed by atoms with E-state index in [1.807, 2.05) is 0 Å². The van der Waals surface area contributed by atoms with E-state index in [1.165, 1.54) is 52.1 Å². The van der Waals surface area contributed by atoms with Crippen molar-refractivity contribution in [1.29, 1.82) is 0 Å².